The smallest absolute Gasteiger partial charge is 0.250 e. The van der Waals surface area contributed by atoms with E-state index in [1.54, 1.807) is 12.4 Å². The van der Waals surface area contributed by atoms with Gasteiger partial charge < -0.3 is 10.7 Å². The molecule has 0 amide bonds. The van der Waals surface area contributed by atoms with Gasteiger partial charge in [0, 0.05) is 37.2 Å². The number of nitrogens with two attached hydrogens (primary N) is 1. The van der Waals surface area contributed by atoms with E-state index in [1.165, 1.54) is 0 Å². The van der Waals surface area contributed by atoms with E-state index in [4.69, 9.17) is 5.73 Å². The quantitative estimate of drug-likeness (QED) is 0.724. The Morgan fingerprint density at radius 2 is 2.15 bits per heavy atom. The van der Waals surface area contributed by atoms with E-state index in [0.717, 1.165) is 5.56 Å². The number of nitrogens with one attached hydrogen (secondary N) is 1. The lowest BCUT2D eigenvalue weighted by Crippen LogP contribution is -2.53. The summed E-state index contributed by atoms with van der Waals surface area (Å²) in [5.74, 6) is -2.52. The van der Waals surface area contributed by atoms with Crippen LogP contribution in [0.15, 0.2) is 18.5 Å². The van der Waals surface area contributed by atoms with Gasteiger partial charge in [-0.25, -0.2) is 8.78 Å². The molecule has 0 aromatic carbocycles. The van der Waals surface area contributed by atoms with Gasteiger partial charge in [0.05, 0.1) is 0 Å². The molecular formula is C9H12F2N2. The van der Waals surface area contributed by atoms with E-state index < -0.39 is 11.3 Å². The van der Waals surface area contributed by atoms with Crippen LogP contribution in [0, 0.1) is 0 Å². The van der Waals surface area contributed by atoms with Crippen molar-refractivity contribution in [2.75, 3.05) is 6.54 Å². The molecule has 72 valence electrons. The van der Waals surface area contributed by atoms with Crippen LogP contribution >= 0.6 is 0 Å². The molecule has 3 N–H and O–H groups in total. The summed E-state index contributed by atoms with van der Waals surface area (Å²) in [5, 5.41) is 0. The number of hydrogen-bond donors (Lipinski definition) is 2. The Bertz CT molecular complexity index is 285. The van der Waals surface area contributed by atoms with Crippen LogP contribution in [0.4, 0.5) is 8.78 Å². The Hall–Kier alpha value is -0.900. The average Bonchev–Trinajstić information content (AvgIpc) is 2.51. The lowest BCUT2D eigenvalue weighted by molar-refractivity contribution is -0.123. The molecule has 0 bridgehead atoms. The van der Waals surface area contributed by atoms with Crippen LogP contribution < -0.4 is 5.73 Å². The van der Waals surface area contributed by atoms with E-state index in [0.29, 0.717) is 6.54 Å². The number of H-pyrrole nitrogens is 1. The first-order chi connectivity index (χ1) is 6.08. The highest BCUT2D eigenvalue weighted by atomic mass is 19.3. The first-order valence-electron chi connectivity index (χ1n) is 4.29. The van der Waals surface area contributed by atoms with Gasteiger partial charge in [0.25, 0.3) is 0 Å². The first-order valence-corrected chi connectivity index (χ1v) is 4.29. The molecule has 0 saturated heterocycles. The summed E-state index contributed by atoms with van der Waals surface area (Å²) < 4.78 is 25.5. The van der Waals surface area contributed by atoms with Crippen molar-refractivity contribution < 1.29 is 8.78 Å². The molecule has 0 unspecified atom stereocenters. The van der Waals surface area contributed by atoms with Crippen LogP contribution in [0.2, 0.25) is 0 Å². The normalized spacial score (nSPS) is 23.9. The van der Waals surface area contributed by atoms with Gasteiger partial charge in [-0.3, -0.25) is 0 Å². The lowest BCUT2D eigenvalue weighted by atomic mass is 9.63. The van der Waals surface area contributed by atoms with Gasteiger partial charge in [-0.2, -0.15) is 0 Å². The van der Waals surface area contributed by atoms with Crippen LogP contribution in [0.1, 0.15) is 18.4 Å². The third-order valence-corrected chi connectivity index (χ3v) is 2.80. The van der Waals surface area contributed by atoms with Gasteiger partial charge in [0.1, 0.15) is 0 Å². The van der Waals surface area contributed by atoms with Crippen LogP contribution in [-0.4, -0.2) is 17.5 Å². The maximum atomic E-state index is 12.7. The fraction of sp³-hybridized carbons (Fsp3) is 0.556. The highest BCUT2D eigenvalue weighted by Crippen LogP contribution is 2.52. The van der Waals surface area contributed by atoms with Crippen LogP contribution in [0.5, 0.6) is 0 Å². The van der Waals surface area contributed by atoms with Crippen molar-refractivity contribution in [2.45, 2.75) is 24.2 Å². The predicted octanol–water partition coefficient (Wildman–Crippen LogP) is 1.64. The molecule has 1 aromatic rings. The summed E-state index contributed by atoms with van der Waals surface area (Å²) in [7, 11) is 0. The maximum Gasteiger partial charge on any atom is 0.250 e. The highest BCUT2D eigenvalue weighted by molar-refractivity contribution is 5.28. The van der Waals surface area contributed by atoms with Crippen LogP contribution in [-0.2, 0) is 5.41 Å². The molecule has 1 aliphatic carbocycles. The van der Waals surface area contributed by atoms with Gasteiger partial charge in [-0.15, -0.1) is 0 Å². The van der Waals surface area contributed by atoms with Gasteiger partial charge in [-0.1, -0.05) is 0 Å². The summed E-state index contributed by atoms with van der Waals surface area (Å²) in [6.45, 7) is 0.292. The number of aromatic amines is 1. The SMILES string of the molecule is NCC1(c2cc[nH]c2)CC(F)(F)C1. The second-order valence-corrected chi connectivity index (χ2v) is 3.79. The number of aromatic nitrogens is 1. The van der Waals surface area contributed by atoms with E-state index >= 15 is 0 Å². The molecule has 4 heteroatoms. The van der Waals surface area contributed by atoms with Crippen molar-refractivity contribution in [2.24, 2.45) is 5.73 Å². The highest BCUT2D eigenvalue weighted by Gasteiger charge is 2.56. The van der Waals surface area contributed by atoms with Crippen molar-refractivity contribution in [1.29, 1.82) is 0 Å². The van der Waals surface area contributed by atoms with E-state index in [-0.39, 0.29) is 12.8 Å². The number of hydrogen-bond acceptors (Lipinski definition) is 1. The third kappa shape index (κ3) is 1.25. The second-order valence-electron chi connectivity index (χ2n) is 3.79. The zero-order valence-electron chi connectivity index (χ0n) is 7.19. The van der Waals surface area contributed by atoms with E-state index in [9.17, 15) is 8.78 Å². The van der Waals surface area contributed by atoms with Gasteiger partial charge >= 0.3 is 0 Å². The Labute approximate surface area is 75.1 Å². The van der Waals surface area contributed by atoms with Crippen molar-refractivity contribution in [3.8, 4) is 0 Å². The van der Waals surface area contributed by atoms with Crippen LogP contribution in [0.25, 0.3) is 0 Å². The maximum absolute atomic E-state index is 12.7. The van der Waals surface area contributed by atoms with E-state index in [1.807, 2.05) is 6.07 Å². The second kappa shape index (κ2) is 2.54. The van der Waals surface area contributed by atoms with Crippen molar-refractivity contribution in [3.63, 3.8) is 0 Å². The van der Waals surface area contributed by atoms with Crippen LogP contribution in [0.3, 0.4) is 0 Å². The van der Waals surface area contributed by atoms with Gasteiger partial charge in [0.2, 0.25) is 5.92 Å². The molecule has 1 saturated carbocycles. The molecular weight excluding hydrogens is 174 g/mol. The Kier molecular flexibility index (Phi) is 1.70. The van der Waals surface area contributed by atoms with Crippen molar-refractivity contribution in [3.05, 3.63) is 24.0 Å². The lowest BCUT2D eigenvalue weighted by Gasteiger charge is -2.46. The molecule has 1 fully saturated rings. The molecule has 0 atom stereocenters. The van der Waals surface area contributed by atoms with Crippen molar-refractivity contribution >= 4 is 0 Å². The van der Waals surface area contributed by atoms with Crippen molar-refractivity contribution in [1.82, 2.24) is 4.98 Å². The van der Waals surface area contributed by atoms with Gasteiger partial charge in [-0.05, 0) is 11.6 Å². The fourth-order valence-corrected chi connectivity index (χ4v) is 2.06. The average molecular weight is 186 g/mol. The molecule has 0 spiro atoms. The summed E-state index contributed by atoms with van der Waals surface area (Å²) in [6, 6.07) is 1.82. The number of halogens is 2. The zero-order chi connectivity index (χ0) is 9.53. The summed E-state index contributed by atoms with van der Waals surface area (Å²) in [6.07, 6.45) is 3.26. The topological polar surface area (TPSA) is 41.8 Å². The molecule has 1 aliphatic rings. The molecule has 1 heterocycles. The minimum atomic E-state index is -2.52. The Balaban J connectivity index is 2.21. The monoisotopic (exact) mass is 186 g/mol. The minimum Gasteiger partial charge on any atom is -0.367 e. The summed E-state index contributed by atoms with van der Waals surface area (Å²) in [5.41, 5.74) is 5.95. The fourth-order valence-electron chi connectivity index (χ4n) is 2.06. The molecule has 0 aliphatic heterocycles. The summed E-state index contributed by atoms with van der Waals surface area (Å²) in [4.78, 5) is 2.86. The zero-order valence-corrected chi connectivity index (χ0v) is 7.19. The summed E-state index contributed by atoms with van der Waals surface area (Å²) >= 11 is 0. The predicted molar refractivity (Wildman–Crippen MR) is 45.7 cm³/mol. The standard InChI is InChI=1S/C9H12F2N2/c10-9(11)4-8(5-9,6-12)7-1-2-13-3-7/h1-3,13H,4-6,12H2. The molecule has 0 radical (unpaired) electrons. The first kappa shape index (κ1) is 8.69. The molecule has 2 rings (SSSR count). The molecule has 13 heavy (non-hydrogen) atoms. The van der Waals surface area contributed by atoms with E-state index in [2.05, 4.69) is 4.98 Å². The van der Waals surface area contributed by atoms with Gasteiger partial charge in [0.15, 0.2) is 0 Å². The molecule has 2 nitrogen and oxygen atoms in total. The molecule has 1 aromatic heterocycles. The Morgan fingerprint density at radius 3 is 2.54 bits per heavy atom. The number of rotatable bonds is 2. The minimum absolute atomic E-state index is 0.117. The number of alkyl halides is 2. The largest absolute Gasteiger partial charge is 0.367 e. The third-order valence-electron chi connectivity index (χ3n) is 2.80. The Morgan fingerprint density at radius 1 is 1.46 bits per heavy atom.